The molecule has 0 aromatic heterocycles. The Balaban J connectivity index is 1.38. The molecule has 2 fully saturated rings. The van der Waals surface area contributed by atoms with Gasteiger partial charge < -0.3 is 25.8 Å². The zero-order valence-corrected chi connectivity index (χ0v) is 12.0. The molecule has 7 heteroatoms. The smallest absolute Gasteiger partial charge is 0.317 e. The Kier molecular flexibility index (Phi) is 5.91. The van der Waals surface area contributed by atoms with Crippen LogP contribution in [-0.4, -0.2) is 74.2 Å². The van der Waals surface area contributed by atoms with Gasteiger partial charge in [0.25, 0.3) is 0 Å². The van der Waals surface area contributed by atoms with Crippen LogP contribution in [0.5, 0.6) is 0 Å². The molecular formula is C13H25N5O2. The van der Waals surface area contributed by atoms with Gasteiger partial charge in [-0.25, -0.2) is 9.59 Å². The van der Waals surface area contributed by atoms with Gasteiger partial charge in [0.2, 0.25) is 0 Å². The van der Waals surface area contributed by atoms with Gasteiger partial charge in [-0.05, 0) is 19.4 Å². The zero-order valence-electron chi connectivity index (χ0n) is 12.0. The molecule has 3 N–H and O–H groups in total. The van der Waals surface area contributed by atoms with E-state index in [4.69, 9.17) is 0 Å². The number of rotatable bonds is 9. The molecule has 0 unspecified atom stereocenters. The quantitative estimate of drug-likeness (QED) is 0.513. The van der Waals surface area contributed by atoms with E-state index in [0.717, 1.165) is 71.6 Å². The fourth-order valence-electron chi connectivity index (χ4n) is 2.52. The van der Waals surface area contributed by atoms with Crippen LogP contribution >= 0.6 is 0 Å². The van der Waals surface area contributed by atoms with Gasteiger partial charge in [0.05, 0.1) is 0 Å². The van der Waals surface area contributed by atoms with E-state index in [9.17, 15) is 9.59 Å². The van der Waals surface area contributed by atoms with Crippen LogP contribution in [-0.2, 0) is 0 Å². The van der Waals surface area contributed by atoms with Crippen LogP contribution in [0.15, 0.2) is 0 Å². The van der Waals surface area contributed by atoms with E-state index in [-0.39, 0.29) is 12.1 Å². The summed E-state index contributed by atoms with van der Waals surface area (Å²) < 4.78 is 0. The maximum Gasteiger partial charge on any atom is 0.317 e. The Morgan fingerprint density at radius 2 is 1.50 bits per heavy atom. The number of carbonyl (C=O) groups excluding carboxylic acids is 2. The third-order valence-electron chi connectivity index (χ3n) is 3.73. The molecule has 2 rings (SSSR count). The number of unbranched alkanes of at least 4 members (excludes halogenated alkanes) is 2. The lowest BCUT2D eigenvalue weighted by Crippen LogP contribution is -2.35. The number of urea groups is 2. The second-order valence-electron chi connectivity index (χ2n) is 5.25. The van der Waals surface area contributed by atoms with E-state index in [0.29, 0.717) is 0 Å². The number of nitrogens with zero attached hydrogens (tertiary/aromatic N) is 2. The summed E-state index contributed by atoms with van der Waals surface area (Å²) in [5.41, 5.74) is 0. The summed E-state index contributed by atoms with van der Waals surface area (Å²) in [6, 6.07) is 0.128. The molecule has 0 aromatic rings. The van der Waals surface area contributed by atoms with Gasteiger partial charge in [0.1, 0.15) is 0 Å². The number of hydrogen-bond acceptors (Lipinski definition) is 3. The highest BCUT2D eigenvalue weighted by molar-refractivity contribution is 5.76. The number of amides is 4. The minimum Gasteiger partial charge on any atom is -0.336 e. The highest BCUT2D eigenvalue weighted by Crippen LogP contribution is 2.02. The number of carbonyl (C=O) groups is 2. The molecule has 2 aliphatic rings. The molecule has 4 amide bonds. The van der Waals surface area contributed by atoms with E-state index in [2.05, 4.69) is 16.0 Å². The summed E-state index contributed by atoms with van der Waals surface area (Å²) in [5, 5.41) is 8.95. The molecule has 2 heterocycles. The summed E-state index contributed by atoms with van der Waals surface area (Å²) in [4.78, 5) is 26.3. The van der Waals surface area contributed by atoms with E-state index >= 15 is 0 Å². The maximum atomic E-state index is 11.3. The van der Waals surface area contributed by atoms with Crippen molar-refractivity contribution in [2.24, 2.45) is 0 Å². The van der Waals surface area contributed by atoms with Crippen molar-refractivity contribution < 1.29 is 9.59 Å². The third kappa shape index (κ3) is 4.56. The van der Waals surface area contributed by atoms with Crippen LogP contribution < -0.4 is 16.0 Å². The largest absolute Gasteiger partial charge is 0.336 e. The van der Waals surface area contributed by atoms with Gasteiger partial charge in [0, 0.05) is 45.8 Å². The second kappa shape index (κ2) is 7.94. The van der Waals surface area contributed by atoms with Gasteiger partial charge in [0.15, 0.2) is 0 Å². The molecule has 0 saturated carbocycles. The van der Waals surface area contributed by atoms with Crippen molar-refractivity contribution in [3.63, 3.8) is 0 Å². The summed E-state index contributed by atoms with van der Waals surface area (Å²) >= 11 is 0. The topological polar surface area (TPSA) is 76.7 Å². The molecule has 0 aromatic carbocycles. The van der Waals surface area contributed by atoms with Crippen molar-refractivity contribution in [2.75, 3.05) is 52.4 Å². The first-order valence-corrected chi connectivity index (χ1v) is 7.53. The van der Waals surface area contributed by atoms with Crippen LogP contribution in [0.3, 0.4) is 0 Å². The minimum absolute atomic E-state index is 0.0516. The Bertz CT molecular complexity index is 305. The van der Waals surface area contributed by atoms with Crippen molar-refractivity contribution >= 4 is 12.1 Å². The molecule has 114 valence electrons. The Labute approximate surface area is 120 Å². The van der Waals surface area contributed by atoms with Crippen LogP contribution in [0.4, 0.5) is 9.59 Å². The van der Waals surface area contributed by atoms with E-state index in [1.54, 1.807) is 0 Å². The molecule has 0 radical (unpaired) electrons. The summed E-state index contributed by atoms with van der Waals surface area (Å²) in [5.74, 6) is 0. The van der Waals surface area contributed by atoms with E-state index < -0.39 is 0 Å². The van der Waals surface area contributed by atoms with Crippen LogP contribution in [0, 0.1) is 0 Å². The molecule has 0 spiro atoms. The Morgan fingerprint density at radius 1 is 0.850 bits per heavy atom. The highest BCUT2D eigenvalue weighted by Gasteiger charge is 2.18. The van der Waals surface area contributed by atoms with Crippen LogP contribution in [0.1, 0.15) is 19.3 Å². The lowest BCUT2D eigenvalue weighted by atomic mass is 10.2. The van der Waals surface area contributed by atoms with Crippen molar-refractivity contribution in [1.29, 1.82) is 0 Å². The first-order valence-electron chi connectivity index (χ1n) is 7.53. The van der Waals surface area contributed by atoms with Crippen molar-refractivity contribution in [1.82, 2.24) is 25.8 Å². The monoisotopic (exact) mass is 283 g/mol. The van der Waals surface area contributed by atoms with Gasteiger partial charge in [-0.15, -0.1) is 0 Å². The van der Waals surface area contributed by atoms with Crippen molar-refractivity contribution in [2.45, 2.75) is 19.3 Å². The number of hydrogen-bond donors (Lipinski definition) is 3. The third-order valence-corrected chi connectivity index (χ3v) is 3.73. The van der Waals surface area contributed by atoms with Gasteiger partial charge in [-0.2, -0.15) is 0 Å². The zero-order chi connectivity index (χ0) is 14.2. The normalized spacial score (nSPS) is 18.6. The summed E-state index contributed by atoms with van der Waals surface area (Å²) in [6.45, 7) is 6.67. The predicted octanol–water partition coefficient (Wildman–Crippen LogP) is -0.203. The van der Waals surface area contributed by atoms with Crippen LogP contribution in [0.2, 0.25) is 0 Å². The highest BCUT2D eigenvalue weighted by atomic mass is 16.2. The lowest BCUT2D eigenvalue weighted by molar-refractivity contribution is 0.215. The molecule has 0 bridgehead atoms. The Hall–Kier alpha value is -1.50. The van der Waals surface area contributed by atoms with Crippen molar-refractivity contribution in [3.8, 4) is 0 Å². The summed E-state index contributed by atoms with van der Waals surface area (Å²) in [7, 11) is 0. The average molecular weight is 283 g/mol. The van der Waals surface area contributed by atoms with Gasteiger partial charge in [-0.1, -0.05) is 6.42 Å². The van der Waals surface area contributed by atoms with E-state index in [1.807, 2.05) is 9.80 Å². The first-order chi connectivity index (χ1) is 9.77. The summed E-state index contributed by atoms with van der Waals surface area (Å²) in [6.07, 6.45) is 3.30. The second-order valence-corrected chi connectivity index (χ2v) is 5.25. The molecule has 0 atom stereocenters. The maximum absolute atomic E-state index is 11.3. The lowest BCUT2D eigenvalue weighted by Gasteiger charge is -2.15. The first kappa shape index (κ1) is 14.9. The molecular weight excluding hydrogens is 258 g/mol. The van der Waals surface area contributed by atoms with E-state index in [1.165, 1.54) is 0 Å². The molecule has 20 heavy (non-hydrogen) atoms. The molecule has 2 aliphatic heterocycles. The van der Waals surface area contributed by atoms with Crippen LogP contribution in [0.25, 0.3) is 0 Å². The predicted molar refractivity (Wildman–Crippen MR) is 76.7 cm³/mol. The van der Waals surface area contributed by atoms with Gasteiger partial charge >= 0.3 is 12.1 Å². The molecule has 7 nitrogen and oxygen atoms in total. The fourth-order valence-corrected chi connectivity index (χ4v) is 2.52. The standard InChI is InChI=1S/C13H25N5O2/c19-12-15-6-10-17(12)8-3-1-2-4-14-5-9-18-11-7-16-13(18)20/h14H,1-11H2,(H,15,19)(H,16,20). The Morgan fingerprint density at radius 3 is 2.10 bits per heavy atom. The number of nitrogens with one attached hydrogen (secondary N) is 3. The van der Waals surface area contributed by atoms with Gasteiger partial charge in [-0.3, -0.25) is 0 Å². The SMILES string of the molecule is O=C1NCCN1CCCCCNCCN1CCNC1=O. The average Bonchev–Trinajstić information content (AvgIpc) is 3.02. The molecule has 2 saturated heterocycles. The molecule has 0 aliphatic carbocycles. The fraction of sp³-hybridized carbons (Fsp3) is 0.846. The minimum atomic E-state index is 0.0516. The van der Waals surface area contributed by atoms with Crippen molar-refractivity contribution in [3.05, 3.63) is 0 Å².